The van der Waals surface area contributed by atoms with Crippen molar-refractivity contribution in [2.75, 3.05) is 5.32 Å². The monoisotopic (exact) mass is 282 g/mol. The lowest BCUT2D eigenvalue weighted by Crippen LogP contribution is -2.00. The van der Waals surface area contributed by atoms with Crippen LogP contribution in [-0.4, -0.2) is 10.2 Å². The first kappa shape index (κ1) is 12.4. The van der Waals surface area contributed by atoms with Crippen LogP contribution in [0.2, 0.25) is 0 Å². The Hall–Kier alpha value is -1.60. The predicted octanol–water partition coefficient (Wildman–Crippen LogP) is 2.69. The van der Waals surface area contributed by atoms with Gasteiger partial charge in [0.15, 0.2) is 5.01 Å². The number of hydrogen-bond acceptors (Lipinski definition) is 5. The molecule has 0 fully saturated rings. The van der Waals surface area contributed by atoms with Crippen LogP contribution >= 0.6 is 11.3 Å². The molecule has 2 N–H and O–H groups in total. The number of nitrogens with zero attached hydrogens (tertiary/aromatic N) is 2. The third kappa shape index (κ3) is 2.71. The number of rotatable bonds is 4. The summed E-state index contributed by atoms with van der Waals surface area (Å²) in [5.41, 5.74) is 3.72. The molecule has 100 valence electrons. The molecule has 4 nitrogen and oxygen atoms in total. The topological polar surface area (TPSA) is 49.8 Å². The van der Waals surface area contributed by atoms with Crippen molar-refractivity contribution >= 4 is 16.5 Å². The summed E-state index contributed by atoms with van der Waals surface area (Å²) in [6, 6.07) is 6.25. The molecule has 19 heavy (non-hydrogen) atoms. The Morgan fingerprint density at radius 3 is 2.89 bits per heavy atom. The van der Waals surface area contributed by atoms with Gasteiger partial charge in [0.2, 0.25) is 5.13 Å². The molecule has 2 aromatic rings. The first-order valence-corrected chi connectivity index (χ1v) is 6.71. The van der Waals surface area contributed by atoms with Crippen molar-refractivity contribution in [3.05, 3.63) is 39.9 Å². The minimum Gasteiger partial charge on any atom is -0.356 e. The number of hydrogen-bond donors (Lipinski definition) is 2. The minimum absolute atomic E-state index is 0.249. The summed E-state index contributed by atoms with van der Waals surface area (Å²) in [4.78, 5) is 0. The molecular weight excluding hydrogens is 270 g/mol. The van der Waals surface area contributed by atoms with E-state index in [9.17, 15) is 8.78 Å². The van der Waals surface area contributed by atoms with Gasteiger partial charge >= 0.3 is 0 Å². The maximum Gasteiger partial charge on any atom is 0.291 e. The third-order valence-electron chi connectivity index (χ3n) is 2.97. The highest BCUT2D eigenvalue weighted by molar-refractivity contribution is 7.15. The predicted molar refractivity (Wildman–Crippen MR) is 69.2 cm³/mol. The van der Waals surface area contributed by atoms with E-state index in [0.29, 0.717) is 11.7 Å². The number of anilines is 1. The molecule has 0 saturated carbocycles. The van der Waals surface area contributed by atoms with Gasteiger partial charge in [0.1, 0.15) is 0 Å². The first-order valence-electron chi connectivity index (χ1n) is 5.89. The minimum atomic E-state index is -2.56. The molecule has 0 radical (unpaired) electrons. The van der Waals surface area contributed by atoms with Gasteiger partial charge in [-0.2, -0.15) is 0 Å². The molecule has 1 aromatic heterocycles. The van der Waals surface area contributed by atoms with E-state index in [4.69, 9.17) is 0 Å². The Bertz CT molecular complexity index is 585. The molecule has 0 saturated heterocycles. The van der Waals surface area contributed by atoms with Gasteiger partial charge in [0.25, 0.3) is 6.43 Å². The molecule has 0 spiro atoms. The highest BCUT2D eigenvalue weighted by atomic mass is 32.1. The van der Waals surface area contributed by atoms with Gasteiger partial charge in [0, 0.05) is 19.6 Å². The largest absolute Gasteiger partial charge is 0.356 e. The average molecular weight is 282 g/mol. The molecule has 2 heterocycles. The van der Waals surface area contributed by atoms with Crippen LogP contribution < -0.4 is 10.6 Å². The summed E-state index contributed by atoms with van der Waals surface area (Å²) in [5.74, 6) is 0. The zero-order valence-electron chi connectivity index (χ0n) is 9.99. The van der Waals surface area contributed by atoms with Crippen molar-refractivity contribution in [2.24, 2.45) is 0 Å². The van der Waals surface area contributed by atoms with Gasteiger partial charge in [-0.3, -0.25) is 0 Å². The van der Waals surface area contributed by atoms with Crippen LogP contribution in [0.4, 0.5) is 13.9 Å². The second-order valence-electron chi connectivity index (χ2n) is 4.31. The summed E-state index contributed by atoms with van der Waals surface area (Å²) in [7, 11) is 0. The highest BCUT2D eigenvalue weighted by Crippen LogP contribution is 2.25. The molecule has 0 atom stereocenters. The van der Waals surface area contributed by atoms with Crippen LogP contribution in [-0.2, 0) is 19.6 Å². The molecule has 0 amide bonds. The zero-order chi connectivity index (χ0) is 13.2. The smallest absolute Gasteiger partial charge is 0.291 e. The summed E-state index contributed by atoms with van der Waals surface area (Å²) in [5, 5.41) is 13.6. The van der Waals surface area contributed by atoms with E-state index < -0.39 is 6.43 Å². The van der Waals surface area contributed by atoms with E-state index in [1.165, 1.54) is 11.1 Å². The van der Waals surface area contributed by atoms with Crippen molar-refractivity contribution < 1.29 is 8.78 Å². The van der Waals surface area contributed by atoms with E-state index in [2.05, 4.69) is 33.0 Å². The number of nitrogens with one attached hydrogen (secondary N) is 2. The van der Waals surface area contributed by atoms with E-state index in [-0.39, 0.29) is 5.01 Å². The van der Waals surface area contributed by atoms with Crippen LogP contribution in [0.1, 0.15) is 28.1 Å². The summed E-state index contributed by atoms with van der Waals surface area (Å²) in [6.07, 6.45) is -2.56. The van der Waals surface area contributed by atoms with Gasteiger partial charge in [0.05, 0.1) is 0 Å². The number of alkyl halides is 2. The molecule has 0 aliphatic carbocycles. The molecule has 7 heteroatoms. The lowest BCUT2D eigenvalue weighted by Gasteiger charge is -2.05. The van der Waals surface area contributed by atoms with Crippen LogP contribution in [0.5, 0.6) is 0 Å². The summed E-state index contributed by atoms with van der Waals surface area (Å²) >= 11 is 0.890. The van der Waals surface area contributed by atoms with Crippen molar-refractivity contribution in [3.8, 4) is 0 Å². The van der Waals surface area contributed by atoms with Crippen molar-refractivity contribution in [3.63, 3.8) is 0 Å². The molecule has 0 unspecified atom stereocenters. The Morgan fingerprint density at radius 2 is 2.11 bits per heavy atom. The first-order chi connectivity index (χ1) is 9.22. The lowest BCUT2D eigenvalue weighted by molar-refractivity contribution is 0.150. The van der Waals surface area contributed by atoms with Crippen LogP contribution in [0.15, 0.2) is 18.2 Å². The Kier molecular flexibility index (Phi) is 3.39. The maximum absolute atomic E-state index is 12.4. The third-order valence-corrected chi connectivity index (χ3v) is 3.86. The molecule has 1 aromatic carbocycles. The summed E-state index contributed by atoms with van der Waals surface area (Å²) < 4.78 is 24.7. The normalized spacial score (nSPS) is 13.8. The van der Waals surface area contributed by atoms with Crippen molar-refractivity contribution in [2.45, 2.75) is 26.1 Å². The van der Waals surface area contributed by atoms with E-state index in [0.717, 1.165) is 30.0 Å². The van der Waals surface area contributed by atoms with Crippen molar-refractivity contribution in [1.82, 2.24) is 15.5 Å². The standard InChI is InChI=1S/C12H12F2N4S/c13-10(14)11-17-18-12(19-11)16-4-7-1-2-8-5-15-6-9(8)3-7/h1-3,10,15H,4-6H2,(H,16,18). The second kappa shape index (κ2) is 5.18. The fourth-order valence-electron chi connectivity index (χ4n) is 2.03. The second-order valence-corrected chi connectivity index (χ2v) is 5.32. The number of fused-ring (bicyclic) bond motifs is 1. The molecular formula is C12H12F2N4S. The lowest BCUT2D eigenvalue weighted by atomic mass is 10.1. The zero-order valence-corrected chi connectivity index (χ0v) is 10.8. The van der Waals surface area contributed by atoms with Gasteiger partial charge in [-0.05, 0) is 16.7 Å². The fraction of sp³-hybridized carbons (Fsp3) is 0.333. The Labute approximate surface area is 112 Å². The van der Waals surface area contributed by atoms with Gasteiger partial charge in [-0.1, -0.05) is 29.5 Å². The Balaban J connectivity index is 1.65. The van der Waals surface area contributed by atoms with Crippen LogP contribution in [0, 0.1) is 0 Å². The quantitative estimate of drug-likeness (QED) is 0.905. The molecule has 0 bridgehead atoms. The maximum atomic E-state index is 12.4. The number of halogens is 2. The average Bonchev–Trinajstić information content (AvgIpc) is 3.04. The van der Waals surface area contributed by atoms with E-state index in [1.54, 1.807) is 0 Å². The van der Waals surface area contributed by atoms with Crippen LogP contribution in [0.25, 0.3) is 0 Å². The Morgan fingerprint density at radius 1 is 1.26 bits per heavy atom. The van der Waals surface area contributed by atoms with Gasteiger partial charge in [-0.15, -0.1) is 10.2 Å². The highest BCUT2D eigenvalue weighted by Gasteiger charge is 2.14. The number of benzene rings is 1. The number of aromatic nitrogens is 2. The van der Waals surface area contributed by atoms with E-state index in [1.807, 2.05) is 6.07 Å². The molecule has 1 aliphatic rings. The van der Waals surface area contributed by atoms with Gasteiger partial charge < -0.3 is 10.6 Å². The molecule has 1 aliphatic heterocycles. The fourth-order valence-corrected chi connectivity index (χ4v) is 2.62. The van der Waals surface area contributed by atoms with Crippen LogP contribution in [0.3, 0.4) is 0 Å². The van der Waals surface area contributed by atoms with Gasteiger partial charge in [-0.25, -0.2) is 8.78 Å². The van der Waals surface area contributed by atoms with Crippen molar-refractivity contribution in [1.29, 1.82) is 0 Å². The SMILES string of the molecule is FC(F)c1nnc(NCc2ccc3c(c2)CNC3)s1. The molecule has 3 rings (SSSR count). The summed E-state index contributed by atoms with van der Waals surface area (Å²) in [6.45, 7) is 2.36. The van der Waals surface area contributed by atoms with E-state index >= 15 is 0 Å².